The number of benzene rings is 2. The molecule has 4 nitrogen and oxygen atoms in total. The van der Waals surface area contributed by atoms with Crippen LogP contribution in [-0.2, 0) is 4.79 Å². The maximum Gasteiger partial charge on any atom is 0.255 e. The Morgan fingerprint density at radius 2 is 1.56 bits per heavy atom. The average Bonchev–Trinajstić information content (AvgIpc) is 2.63. The van der Waals surface area contributed by atoms with Crippen LogP contribution in [0.3, 0.4) is 0 Å². The summed E-state index contributed by atoms with van der Waals surface area (Å²) in [6.07, 6.45) is 5.42. The number of rotatable bonds is 4. The maximum absolute atomic E-state index is 12.4. The first-order valence-electron chi connectivity index (χ1n) is 8.60. The van der Waals surface area contributed by atoms with Gasteiger partial charge in [-0.15, -0.1) is 0 Å². The molecule has 5 heteroatoms. The number of amides is 2. The Bertz CT molecular complexity index is 770. The molecule has 1 fully saturated rings. The fourth-order valence-corrected chi connectivity index (χ4v) is 3.66. The van der Waals surface area contributed by atoms with E-state index in [4.69, 9.17) is 0 Å². The van der Waals surface area contributed by atoms with Crippen LogP contribution in [0.15, 0.2) is 48.5 Å². The fraction of sp³-hybridized carbons (Fsp3) is 0.300. The molecule has 2 aromatic rings. The van der Waals surface area contributed by atoms with Gasteiger partial charge in [0, 0.05) is 26.4 Å². The van der Waals surface area contributed by atoms with Crippen molar-refractivity contribution in [2.45, 2.75) is 32.1 Å². The predicted molar refractivity (Wildman–Crippen MR) is 109 cm³/mol. The molecule has 2 amide bonds. The minimum atomic E-state index is -0.158. The maximum atomic E-state index is 12.4. The van der Waals surface area contributed by atoms with Gasteiger partial charge in [-0.2, -0.15) is 0 Å². The van der Waals surface area contributed by atoms with Gasteiger partial charge in [-0.25, -0.2) is 0 Å². The van der Waals surface area contributed by atoms with E-state index in [0.29, 0.717) is 11.3 Å². The molecule has 1 aliphatic rings. The summed E-state index contributed by atoms with van der Waals surface area (Å²) in [5.74, 6) is 0.0356. The Labute approximate surface area is 161 Å². The second-order valence-corrected chi connectivity index (χ2v) is 7.62. The smallest absolute Gasteiger partial charge is 0.255 e. The van der Waals surface area contributed by atoms with Crippen LogP contribution in [0.25, 0.3) is 0 Å². The van der Waals surface area contributed by atoms with Crippen molar-refractivity contribution in [2.75, 3.05) is 10.6 Å². The molecule has 3 rings (SSSR count). The van der Waals surface area contributed by atoms with Gasteiger partial charge in [0.1, 0.15) is 0 Å². The third-order valence-electron chi connectivity index (χ3n) is 4.45. The molecule has 130 valence electrons. The first-order chi connectivity index (χ1) is 12.1. The molecule has 1 saturated carbocycles. The van der Waals surface area contributed by atoms with Crippen LogP contribution in [0.2, 0.25) is 0 Å². The number of halogens is 1. The Balaban J connectivity index is 1.64. The summed E-state index contributed by atoms with van der Waals surface area (Å²) in [6, 6.07) is 14.7. The number of carbonyl (C=O) groups is 2. The minimum Gasteiger partial charge on any atom is -0.326 e. The summed E-state index contributed by atoms with van der Waals surface area (Å²) in [4.78, 5) is 24.7. The Morgan fingerprint density at radius 3 is 2.28 bits per heavy atom. The zero-order valence-corrected chi connectivity index (χ0v) is 16.1. The van der Waals surface area contributed by atoms with Crippen molar-refractivity contribution >= 4 is 45.8 Å². The van der Waals surface area contributed by atoms with Gasteiger partial charge in [-0.1, -0.05) is 31.4 Å². The standard InChI is InChI=1S/C20H21IN2O2/c21-16-9-4-8-15(12-16)20(25)23-18-11-5-10-17(13-18)22-19(24)14-6-2-1-3-7-14/h4-5,8-14H,1-3,6-7H2,(H,22,24)(H,23,25). The highest BCUT2D eigenvalue weighted by Crippen LogP contribution is 2.25. The summed E-state index contributed by atoms with van der Waals surface area (Å²) < 4.78 is 1.01. The van der Waals surface area contributed by atoms with Crippen LogP contribution in [0.5, 0.6) is 0 Å². The number of hydrogen-bond donors (Lipinski definition) is 2. The minimum absolute atomic E-state index is 0.0841. The molecule has 0 heterocycles. The first-order valence-corrected chi connectivity index (χ1v) is 9.67. The summed E-state index contributed by atoms with van der Waals surface area (Å²) in [7, 11) is 0. The molecule has 0 radical (unpaired) electrons. The predicted octanol–water partition coefficient (Wildman–Crippen LogP) is 5.06. The summed E-state index contributed by atoms with van der Waals surface area (Å²) in [6.45, 7) is 0. The zero-order valence-electron chi connectivity index (χ0n) is 13.9. The molecule has 2 aromatic carbocycles. The Morgan fingerprint density at radius 1 is 0.880 bits per heavy atom. The van der Waals surface area contributed by atoms with E-state index in [1.165, 1.54) is 6.42 Å². The van der Waals surface area contributed by atoms with Crippen molar-refractivity contribution in [3.8, 4) is 0 Å². The van der Waals surface area contributed by atoms with E-state index in [1.807, 2.05) is 36.4 Å². The molecule has 0 saturated heterocycles. The van der Waals surface area contributed by atoms with Gasteiger partial charge >= 0.3 is 0 Å². The quantitative estimate of drug-likeness (QED) is 0.643. The summed E-state index contributed by atoms with van der Waals surface area (Å²) in [5.41, 5.74) is 2.00. The lowest BCUT2D eigenvalue weighted by molar-refractivity contribution is -0.120. The van der Waals surface area contributed by atoms with Crippen molar-refractivity contribution in [1.29, 1.82) is 0 Å². The monoisotopic (exact) mass is 448 g/mol. The third-order valence-corrected chi connectivity index (χ3v) is 5.12. The normalized spacial score (nSPS) is 14.8. The lowest BCUT2D eigenvalue weighted by Crippen LogP contribution is -2.24. The lowest BCUT2D eigenvalue weighted by Gasteiger charge is -2.20. The zero-order chi connectivity index (χ0) is 17.6. The highest BCUT2D eigenvalue weighted by Gasteiger charge is 2.21. The van der Waals surface area contributed by atoms with E-state index < -0.39 is 0 Å². The first kappa shape index (κ1) is 17.9. The largest absolute Gasteiger partial charge is 0.326 e. The number of nitrogens with one attached hydrogen (secondary N) is 2. The fourth-order valence-electron chi connectivity index (χ4n) is 3.12. The van der Waals surface area contributed by atoms with E-state index in [2.05, 4.69) is 33.2 Å². The SMILES string of the molecule is O=C(Nc1cccc(NC(=O)C2CCCCC2)c1)c1cccc(I)c1. The van der Waals surface area contributed by atoms with E-state index in [0.717, 1.165) is 34.9 Å². The van der Waals surface area contributed by atoms with Crippen molar-refractivity contribution in [1.82, 2.24) is 0 Å². The van der Waals surface area contributed by atoms with Crippen molar-refractivity contribution in [3.05, 3.63) is 57.7 Å². The van der Waals surface area contributed by atoms with Gasteiger partial charge in [0.2, 0.25) is 5.91 Å². The van der Waals surface area contributed by atoms with E-state index >= 15 is 0 Å². The molecule has 0 atom stereocenters. The molecule has 0 aliphatic heterocycles. The van der Waals surface area contributed by atoms with Crippen LogP contribution in [0.1, 0.15) is 42.5 Å². The van der Waals surface area contributed by atoms with Crippen molar-refractivity contribution < 1.29 is 9.59 Å². The molecular weight excluding hydrogens is 427 g/mol. The highest BCUT2D eigenvalue weighted by atomic mass is 127. The highest BCUT2D eigenvalue weighted by molar-refractivity contribution is 14.1. The van der Waals surface area contributed by atoms with Gasteiger partial charge in [0.05, 0.1) is 0 Å². The molecule has 0 unspecified atom stereocenters. The van der Waals surface area contributed by atoms with Crippen molar-refractivity contribution in [3.63, 3.8) is 0 Å². The summed E-state index contributed by atoms with van der Waals surface area (Å²) in [5, 5.41) is 5.87. The number of anilines is 2. The summed E-state index contributed by atoms with van der Waals surface area (Å²) >= 11 is 2.18. The van der Waals surface area contributed by atoms with Gasteiger partial charge in [0.25, 0.3) is 5.91 Å². The number of hydrogen-bond acceptors (Lipinski definition) is 2. The third kappa shape index (κ3) is 5.04. The number of carbonyl (C=O) groups excluding carboxylic acids is 2. The molecule has 0 spiro atoms. The second-order valence-electron chi connectivity index (χ2n) is 6.37. The van der Waals surface area contributed by atoms with Gasteiger partial charge in [0.15, 0.2) is 0 Å². The van der Waals surface area contributed by atoms with E-state index in [-0.39, 0.29) is 17.7 Å². The van der Waals surface area contributed by atoms with Gasteiger partial charge in [-0.3, -0.25) is 9.59 Å². The Hall–Kier alpha value is -1.89. The lowest BCUT2D eigenvalue weighted by atomic mass is 9.88. The molecule has 0 aromatic heterocycles. The molecule has 25 heavy (non-hydrogen) atoms. The Kier molecular flexibility index (Phi) is 6.07. The van der Waals surface area contributed by atoms with Crippen LogP contribution in [0.4, 0.5) is 11.4 Å². The molecule has 0 bridgehead atoms. The van der Waals surface area contributed by atoms with Crippen LogP contribution < -0.4 is 10.6 Å². The van der Waals surface area contributed by atoms with E-state index in [1.54, 1.807) is 12.1 Å². The van der Waals surface area contributed by atoms with E-state index in [9.17, 15) is 9.59 Å². The van der Waals surface area contributed by atoms with Crippen LogP contribution >= 0.6 is 22.6 Å². The van der Waals surface area contributed by atoms with Crippen LogP contribution in [0, 0.1) is 9.49 Å². The van der Waals surface area contributed by atoms with Crippen LogP contribution in [-0.4, -0.2) is 11.8 Å². The topological polar surface area (TPSA) is 58.2 Å². The van der Waals surface area contributed by atoms with Gasteiger partial charge < -0.3 is 10.6 Å². The molecular formula is C20H21IN2O2. The molecule has 2 N–H and O–H groups in total. The second kappa shape index (κ2) is 8.47. The molecule has 1 aliphatic carbocycles. The van der Waals surface area contributed by atoms with Gasteiger partial charge in [-0.05, 0) is 71.8 Å². The average molecular weight is 448 g/mol. The van der Waals surface area contributed by atoms with Crippen molar-refractivity contribution in [2.24, 2.45) is 5.92 Å².